The van der Waals surface area contributed by atoms with Gasteiger partial charge in [0.1, 0.15) is 22.2 Å². The van der Waals surface area contributed by atoms with Crippen LogP contribution in [0.25, 0.3) is 0 Å². The van der Waals surface area contributed by atoms with Crippen LogP contribution in [0.15, 0.2) is 84.0 Å². The number of aromatic nitrogens is 2. The number of carbonyl (C=O) groups excluding carboxylic acids is 1. The number of hydrogen-bond acceptors (Lipinski definition) is 5. The second kappa shape index (κ2) is 13.4. The van der Waals surface area contributed by atoms with E-state index < -0.39 is 79.7 Å². The molecule has 4 aromatic rings. The van der Waals surface area contributed by atoms with Gasteiger partial charge in [-0.2, -0.15) is 31.4 Å². The molecule has 1 amide bonds. The largest absolute Gasteiger partial charge is 0.430 e. The molecule has 1 heterocycles. The van der Waals surface area contributed by atoms with Gasteiger partial charge in [-0.15, -0.1) is 0 Å². The van der Waals surface area contributed by atoms with Gasteiger partial charge in [0.25, 0.3) is 11.5 Å². The maximum absolute atomic E-state index is 14.5. The molecule has 7 nitrogen and oxygen atoms in total. The molecule has 0 unspecified atom stereocenters. The summed E-state index contributed by atoms with van der Waals surface area (Å²) in [5.74, 6) is -4.11. The van der Waals surface area contributed by atoms with E-state index in [0.717, 1.165) is 42.5 Å². The van der Waals surface area contributed by atoms with Crippen LogP contribution in [-0.4, -0.2) is 42.5 Å². The molecule has 17 heteroatoms. The van der Waals surface area contributed by atoms with Crippen LogP contribution >= 0.6 is 0 Å². The van der Waals surface area contributed by atoms with Gasteiger partial charge in [0.05, 0.1) is 23.3 Å². The average Bonchev–Trinajstić information content (AvgIpc) is 3.48. The van der Waals surface area contributed by atoms with Crippen molar-refractivity contribution in [2.24, 2.45) is 7.05 Å². The predicted molar refractivity (Wildman–Crippen MR) is 160 cm³/mol. The van der Waals surface area contributed by atoms with E-state index in [4.69, 9.17) is 0 Å². The number of carbonyl (C=O) groups is 1. The van der Waals surface area contributed by atoms with Crippen molar-refractivity contribution in [2.45, 2.75) is 65.9 Å². The Kier molecular flexibility index (Phi) is 9.88. The number of rotatable bonds is 9. The summed E-state index contributed by atoms with van der Waals surface area (Å²) >= 11 is 0. The zero-order valence-corrected chi connectivity index (χ0v) is 26.8. The summed E-state index contributed by atoms with van der Waals surface area (Å²) < 4.78 is 161. The van der Waals surface area contributed by atoms with Crippen LogP contribution in [0.5, 0.6) is 0 Å². The number of sulfone groups is 1. The molecule has 268 valence electrons. The van der Waals surface area contributed by atoms with Gasteiger partial charge in [-0.05, 0) is 67.6 Å². The van der Waals surface area contributed by atoms with Gasteiger partial charge in [0.2, 0.25) is 0 Å². The molecule has 0 aliphatic heterocycles. The fourth-order valence-corrected chi connectivity index (χ4v) is 8.35. The number of hydrogen-bond donors (Lipinski definition) is 1. The van der Waals surface area contributed by atoms with Gasteiger partial charge in [-0.3, -0.25) is 9.48 Å². The average molecular weight is 734 g/mol. The first-order chi connectivity index (χ1) is 23.3. The summed E-state index contributed by atoms with van der Waals surface area (Å²) in [7, 11) is -2.91. The van der Waals surface area contributed by atoms with Crippen LogP contribution in [0, 0.1) is 17.5 Å². The van der Waals surface area contributed by atoms with Gasteiger partial charge in [-0.25, -0.2) is 21.6 Å². The molecule has 0 atom stereocenters. The number of aryl methyl sites for hydroxylation is 1. The second-order valence-corrected chi connectivity index (χ2v) is 14.1. The van der Waals surface area contributed by atoms with Gasteiger partial charge >= 0.3 is 12.4 Å². The molecule has 3 aromatic carbocycles. The topological polar surface area (TPSA) is 90.3 Å². The van der Waals surface area contributed by atoms with Crippen molar-refractivity contribution in [3.8, 4) is 0 Å². The van der Waals surface area contributed by atoms with Crippen molar-refractivity contribution in [1.82, 2.24) is 15.1 Å². The lowest BCUT2D eigenvalue weighted by Gasteiger charge is -2.41. The first kappa shape index (κ1) is 36.9. The quantitative estimate of drug-likeness (QED) is 0.143. The highest BCUT2D eigenvalue weighted by Crippen LogP contribution is 2.54. The number of amides is 1. The van der Waals surface area contributed by atoms with Crippen molar-refractivity contribution in [3.05, 3.63) is 119 Å². The first-order valence-electron chi connectivity index (χ1n) is 14.9. The summed E-state index contributed by atoms with van der Waals surface area (Å²) in [4.78, 5) is 12.4. The number of nitrogens with zero attached hydrogens (tertiary/aromatic N) is 2. The van der Waals surface area contributed by atoms with Crippen molar-refractivity contribution in [3.63, 3.8) is 0 Å². The lowest BCUT2D eigenvalue weighted by Crippen LogP contribution is -2.56. The number of alkyl halides is 6. The SMILES string of the molecule is Cn1cc(C(=O)N[C@H]2CC[C@@](c3ccc(C(OCc4c(F)cccc4F)(C(F)(F)F)C(F)(F)F)cc3)(S(=O)(=O)c3ccc(F)cc3)CC2)cn1. The maximum atomic E-state index is 14.5. The van der Waals surface area contributed by atoms with Crippen LogP contribution in [-0.2, 0) is 38.6 Å². The van der Waals surface area contributed by atoms with E-state index in [-0.39, 0.29) is 41.7 Å². The minimum absolute atomic E-state index is 0.0283. The summed E-state index contributed by atoms with van der Waals surface area (Å²) in [6.45, 7) is -1.76. The molecule has 0 radical (unpaired) electrons. The third kappa shape index (κ3) is 6.59. The van der Waals surface area contributed by atoms with E-state index in [1.54, 1.807) is 7.05 Å². The third-order valence-corrected chi connectivity index (χ3v) is 11.4. The Morgan fingerprint density at radius 2 is 1.46 bits per heavy atom. The van der Waals surface area contributed by atoms with Gasteiger partial charge < -0.3 is 10.1 Å². The Labute approximate surface area is 280 Å². The second-order valence-electron chi connectivity index (χ2n) is 11.8. The predicted octanol–water partition coefficient (Wildman–Crippen LogP) is 7.42. The number of benzene rings is 3. The molecule has 1 N–H and O–H groups in total. The molecule has 0 bridgehead atoms. The molecule has 1 aliphatic carbocycles. The van der Waals surface area contributed by atoms with E-state index in [9.17, 15) is 52.7 Å². The van der Waals surface area contributed by atoms with Gasteiger partial charge in [0.15, 0.2) is 9.84 Å². The Balaban J connectivity index is 1.55. The smallest absolute Gasteiger partial charge is 0.349 e. The Morgan fingerprint density at radius 3 is 1.96 bits per heavy atom. The minimum Gasteiger partial charge on any atom is -0.349 e. The molecule has 50 heavy (non-hydrogen) atoms. The van der Waals surface area contributed by atoms with Gasteiger partial charge in [0, 0.05) is 30.4 Å². The zero-order chi connectivity index (χ0) is 36.7. The highest BCUT2D eigenvalue weighted by Gasteiger charge is 2.73. The molecule has 1 aliphatic rings. The van der Waals surface area contributed by atoms with Crippen LogP contribution in [0.3, 0.4) is 0 Å². The Bertz CT molecular complexity index is 1920. The van der Waals surface area contributed by atoms with Crippen molar-refractivity contribution >= 4 is 15.7 Å². The summed E-state index contributed by atoms with van der Waals surface area (Å²) in [5, 5.41) is 6.70. The highest BCUT2D eigenvalue weighted by atomic mass is 32.2. The fourth-order valence-electron chi connectivity index (χ4n) is 6.18. The monoisotopic (exact) mass is 733 g/mol. The van der Waals surface area contributed by atoms with E-state index in [2.05, 4.69) is 15.2 Å². The standard InChI is InChI=1S/C33H28F9N3O4S/c1-45-18-20(17-43-45)29(46)44-24-13-15-30(16-14-24,50(47,48)25-11-9-23(34)10-12-25)21-5-7-22(8-6-21)31(32(37,38)39,33(40,41)42)49-19-26-27(35)3-2-4-28(26)36/h2-12,17-18,24H,13-16,19H2,1H3,(H,44,46)/t24-,30+. The molecular weight excluding hydrogens is 705 g/mol. The summed E-state index contributed by atoms with van der Waals surface area (Å²) in [5.41, 5.74) is -7.72. The van der Waals surface area contributed by atoms with Crippen LogP contribution in [0.1, 0.15) is 52.7 Å². The van der Waals surface area contributed by atoms with Gasteiger partial charge in [-0.1, -0.05) is 30.3 Å². The Morgan fingerprint density at radius 1 is 0.900 bits per heavy atom. The normalized spacial score (nSPS) is 19.0. The van der Waals surface area contributed by atoms with Crippen molar-refractivity contribution < 1.29 is 57.5 Å². The van der Waals surface area contributed by atoms with Crippen molar-refractivity contribution in [2.75, 3.05) is 0 Å². The molecule has 5 rings (SSSR count). The van der Waals surface area contributed by atoms with E-state index >= 15 is 0 Å². The number of nitrogens with one attached hydrogen (secondary N) is 1. The Hall–Kier alpha value is -4.38. The number of halogens is 9. The third-order valence-electron chi connectivity index (χ3n) is 8.84. The van der Waals surface area contributed by atoms with Crippen LogP contribution in [0.2, 0.25) is 0 Å². The van der Waals surface area contributed by atoms with Crippen molar-refractivity contribution in [1.29, 1.82) is 0 Å². The lowest BCUT2D eigenvalue weighted by atomic mass is 9.79. The highest BCUT2D eigenvalue weighted by molar-refractivity contribution is 7.92. The molecular formula is C33H28F9N3O4S. The maximum Gasteiger partial charge on any atom is 0.430 e. The molecule has 1 aromatic heterocycles. The molecule has 0 saturated heterocycles. The van der Waals surface area contributed by atoms with E-state index in [1.165, 1.54) is 17.1 Å². The van der Waals surface area contributed by atoms with Crippen LogP contribution < -0.4 is 5.32 Å². The first-order valence-corrected chi connectivity index (χ1v) is 16.4. The summed E-state index contributed by atoms with van der Waals surface area (Å²) in [6, 6.07) is 7.75. The molecule has 0 spiro atoms. The lowest BCUT2D eigenvalue weighted by molar-refractivity contribution is -0.392. The molecule has 1 saturated carbocycles. The minimum atomic E-state index is -6.21. The van der Waals surface area contributed by atoms with E-state index in [1.807, 2.05) is 0 Å². The summed E-state index contributed by atoms with van der Waals surface area (Å²) in [6.07, 6.45) is -10.1. The fraction of sp³-hybridized carbons (Fsp3) is 0.333. The number of ether oxygens (including phenoxy) is 1. The zero-order valence-electron chi connectivity index (χ0n) is 26.0. The molecule has 1 fully saturated rings. The van der Waals surface area contributed by atoms with Crippen LogP contribution in [0.4, 0.5) is 39.5 Å². The van der Waals surface area contributed by atoms with E-state index in [0.29, 0.717) is 24.3 Å².